The summed E-state index contributed by atoms with van der Waals surface area (Å²) in [6.07, 6.45) is -1.42. The van der Waals surface area contributed by atoms with Gasteiger partial charge in [0.15, 0.2) is 0 Å². The van der Waals surface area contributed by atoms with Gasteiger partial charge in [0, 0.05) is 0 Å². The van der Waals surface area contributed by atoms with Gasteiger partial charge >= 0.3 is 6.09 Å². The molecule has 0 spiro atoms. The van der Waals surface area contributed by atoms with Crippen molar-refractivity contribution in [2.24, 2.45) is 0 Å². The van der Waals surface area contributed by atoms with Crippen LogP contribution in [0.5, 0.6) is 5.75 Å². The van der Waals surface area contributed by atoms with Crippen molar-refractivity contribution in [2.45, 2.75) is 25.7 Å². The molecule has 2 aromatic rings. The number of hydrogen-bond acceptors (Lipinski definition) is 4. The largest absolute Gasteiger partial charge is 0.497 e. The molecular weight excluding hydrogens is 294 g/mol. The minimum atomic E-state index is -0.852. The third-order valence-electron chi connectivity index (χ3n) is 3.47. The van der Waals surface area contributed by atoms with E-state index >= 15 is 0 Å². The molecule has 0 saturated heterocycles. The van der Waals surface area contributed by atoms with E-state index < -0.39 is 18.2 Å². The summed E-state index contributed by atoms with van der Waals surface area (Å²) in [4.78, 5) is 11.8. The number of hydrogen-bond donors (Lipinski definition) is 2. The summed E-state index contributed by atoms with van der Waals surface area (Å²) in [5.41, 5.74) is 1.57. The topological polar surface area (TPSA) is 67.8 Å². The zero-order valence-corrected chi connectivity index (χ0v) is 13.2. The highest BCUT2D eigenvalue weighted by atomic mass is 16.5. The van der Waals surface area contributed by atoms with Crippen LogP contribution < -0.4 is 10.1 Å². The van der Waals surface area contributed by atoms with Crippen LogP contribution in [0.4, 0.5) is 4.79 Å². The number of rotatable bonds is 6. The lowest BCUT2D eigenvalue weighted by molar-refractivity contribution is 0.106. The third-order valence-corrected chi connectivity index (χ3v) is 3.47. The molecule has 2 rings (SSSR count). The number of ether oxygens (including phenoxy) is 2. The van der Waals surface area contributed by atoms with E-state index in [2.05, 4.69) is 5.32 Å². The second-order valence-electron chi connectivity index (χ2n) is 5.22. The zero-order valence-electron chi connectivity index (χ0n) is 13.2. The molecule has 0 radical (unpaired) electrons. The number of aliphatic hydroxyl groups excluding tert-OH is 1. The van der Waals surface area contributed by atoms with E-state index in [0.717, 1.165) is 5.56 Å². The van der Waals surface area contributed by atoms with Crippen LogP contribution in [0.15, 0.2) is 54.6 Å². The molecule has 0 aliphatic rings. The van der Waals surface area contributed by atoms with Crippen LogP contribution in [0.2, 0.25) is 0 Å². The highest BCUT2D eigenvalue weighted by Crippen LogP contribution is 2.21. The monoisotopic (exact) mass is 315 g/mol. The Labute approximate surface area is 135 Å². The Morgan fingerprint density at radius 2 is 1.91 bits per heavy atom. The zero-order chi connectivity index (χ0) is 16.7. The van der Waals surface area contributed by atoms with Crippen molar-refractivity contribution in [2.75, 3.05) is 7.11 Å². The fourth-order valence-corrected chi connectivity index (χ4v) is 2.14. The third kappa shape index (κ3) is 5.00. The predicted octanol–water partition coefficient (Wildman–Crippen LogP) is 3.04. The highest BCUT2D eigenvalue weighted by molar-refractivity contribution is 5.67. The molecule has 0 unspecified atom stereocenters. The lowest BCUT2D eigenvalue weighted by Crippen LogP contribution is -2.37. The van der Waals surface area contributed by atoms with E-state index in [1.54, 1.807) is 38.3 Å². The molecular formula is C18H21NO4. The van der Waals surface area contributed by atoms with Gasteiger partial charge in [-0.25, -0.2) is 4.79 Å². The van der Waals surface area contributed by atoms with Crippen molar-refractivity contribution < 1.29 is 19.4 Å². The van der Waals surface area contributed by atoms with Crippen molar-refractivity contribution in [3.63, 3.8) is 0 Å². The number of amides is 1. The van der Waals surface area contributed by atoms with E-state index in [9.17, 15) is 9.90 Å². The lowest BCUT2D eigenvalue weighted by Gasteiger charge is -2.20. The average molecular weight is 315 g/mol. The maximum atomic E-state index is 11.8. The van der Waals surface area contributed by atoms with Crippen LogP contribution in [0.1, 0.15) is 24.2 Å². The molecule has 0 saturated carbocycles. The smallest absolute Gasteiger partial charge is 0.407 e. The molecule has 2 N–H and O–H groups in total. The summed E-state index contributed by atoms with van der Waals surface area (Å²) in [6, 6.07) is 16.0. The first-order valence-electron chi connectivity index (χ1n) is 7.39. The molecule has 2 aromatic carbocycles. The quantitative estimate of drug-likeness (QED) is 0.860. The maximum absolute atomic E-state index is 11.8. The van der Waals surface area contributed by atoms with Gasteiger partial charge < -0.3 is 19.9 Å². The van der Waals surface area contributed by atoms with Gasteiger partial charge in [0.1, 0.15) is 12.4 Å². The highest BCUT2D eigenvalue weighted by Gasteiger charge is 2.19. The summed E-state index contributed by atoms with van der Waals surface area (Å²) in [5, 5.41) is 13.0. The summed E-state index contributed by atoms with van der Waals surface area (Å²) in [6.45, 7) is 1.91. The van der Waals surface area contributed by atoms with Crippen LogP contribution in [0, 0.1) is 0 Å². The first-order chi connectivity index (χ1) is 11.1. The van der Waals surface area contributed by atoms with Gasteiger partial charge in [0.25, 0.3) is 0 Å². The summed E-state index contributed by atoms with van der Waals surface area (Å²) in [7, 11) is 1.56. The number of benzene rings is 2. The molecule has 23 heavy (non-hydrogen) atoms. The van der Waals surface area contributed by atoms with E-state index in [0.29, 0.717) is 11.3 Å². The average Bonchev–Trinajstić information content (AvgIpc) is 2.60. The molecule has 122 valence electrons. The Morgan fingerprint density at radius 3 is 2.61 bits per heavy atom. The molecule has 0 bridgehead atoms. The van der Waals surface area contributed by atoms with Crippen LogP contribution in [0.3, 0.4) is 0 Å². The summed E-state index contributed by atoms with van der Waals surface area (Å²) in [5.74, 6) is 0.653. The van der Waals surface area contributed by atoms with Gasteiger partial charge in [-0.3, -0.25) is 0 Å². The Bertz CT molecular complexity index is 630. The fraction of sp³-hybridized carbons (Fsp3) is 0.278. The van der Waals surface area contributed by atoms with Crippen LogP contribution in [-0.2, 0) is 11.3 Å². The Hall–Kier alpha value is -2.53. The van der Waals surface area contributed by atoms with Gasteiger partial charge in [-0.05, 0) is 30.2 Å². The normalized spacial score (nSPS) is 13.0. The molecule has 2 atom stereocenters. The van der Waals surface area contributed by atoms with E-state index in [4.69, 9.17) is 9.47 Å². The van der Waals surface area contributed by atoms with Crippen LogP contribution >= 0.6 is 0 Å². The number of aliphatic hydroxyl groups is 1. The maximum Gasteiger partial charge on any atom is 0.407 e. The van der Waals surface area contributed by atoms with Gasteiger partial charge in [-0.2, -0.15) is 0 Å². The molecule has 5 nitrogen and oxygen atoms in total. The predicted molar refractivity (Wildman–Crippen MR) is 87.2 cm³/mol. The van der Waals surface area contributed by atoms with Gasteiger partial charge in [0.05, 0.1) is 19.3 Å². The van der Waals surface area contributed by atoms with Crippen LogP contribution in [0.25, 0.3) is 0 Å². The molecule has 0 aliphatic carbocycles. The Balaban J connectivity index is 1.87. The van der Waals surface area contributed by atoms with Crippen molar-refractivity contribution in [3.8, 4) is 5.75 Å². The Morgan fingerprint density at radius 1 is 1.17 bits per heavy atom. The standard InChI is InChI=1S/C18H21NO4/c1-13(17(20)15-9-6-10-16(11-15)22-2)19-18(21)23-12-14-7-4-3-5-8-14/h3-11,13,17,20H,12H2,1-2H3,(H,19,21)/t13-,17-/m0/s1. The second-order valence-corrected chi connectivity index (χ2v) is 5.22. The van der Waals surface area contributed by atoms with E-state index in [-0.39, 0.29) is 6.61 Å². The minimum Gasteiger partial charge on any atom is -0.497 e. The molecule has 5 heteroatoms. The Kier molecular flexibility index (Phi) is 6.00. The van der Waals surface area contributed by atoms with Crippen LogP contribution in [-0.4, -0.2) is 24.4 Å². The summed E-state index contributed by atoms with van der Waals surface area (Å²) < 4.78 is 10.3. The van der Waals surface area contributed by atoms with Crippen molar-refractivity contribution in [1.29, 1.82) is 0 Å². The molecule has 0 fully saturated rings. The number of methoxy groups -OCH3 is 1. The minimum absolute atomic E-state index is 0.189. The van der Waals surface area contributed by atoms with Crippen molar-refractivity contribution >= 4 is 6.09 Å². The molecule has 0 aliphatic heterocycles. The fourth-order valence-electron chi connectivity index (χ4n) is 2.14. The number of carbonyl (C=O) groups is 1. The number of nitrogens with one attached hydrogen (secondary N) is 1. The number of carbonyl (C=O) groups excluding carboxylic acids is 1. The first-order valence-corrected chi connectivity index (χ1v) is 7.39. The van der Waals surface area contributed by atoms with Crippen molar-refractivity contribution in [1.82, 2.24) is 5.32 Å². The summed E-state index contributed by atoms with van der Waals surface area (Å²) >= 11 is 0. The van der Waals surface area contributed by atoms with E-state index in [1.165, 1.54) is 0 Å². The van der Waals surface area contributed by atoms with Crippen molar-refractivity contribution in [3.05, 3.63) is 65.7 Å². The van der Waals surface area contributed by atoms with E-state index in [1.807, 2.05) is 30.3 Å². The second kappa shape index (κ2) is 8.19. The molecule has 1 amide bonds. The molecule has 0 heterocycles. The van der Waals surface area contributed by atoms with Gasteiger partial charge in [0.2, 0.25) is 0 Å². The SMILES string of the molecule is COc1cccc([C@@H](O)[C@H](C)NC(=O)OCc2ccccc2)c1. The van der Waals surface area contributed by atoms with Gasteiger partial charge in [-0.15, -0.1) is 0 Å². The first kappa shape index (κ1) is 16.8. The molecule has 0 aromatic heterocycles. The number of alkyl carbamates (subject to hydrolysis) is 1. The lowest BCUT2D eigenvalue weighted by atomic mass is 10.0. The van der Waals surface area contributed by atoms with Gasteiger partial charge in [-0.1, -0.05) is 42.5 Å².